The molecule has 1 aliphatic heterocycles. The van der Waals surface area contributed by atoms with Crippen LogP contribution in [0.5, 0.6) is 11.5 Å². The van der Waals surface area contributed by atoms with Gasteiger partial charge in [-0.05, 0) is 67.7 Å². The molecule has 0 atom stereocenters. The van der Waals surface area contributed by atoms with E-state index in [-0.39, 0.29) is 5.91 Å². The molecule has 1 aliphatic rings. The number of carbonyl (C=O) groups excluding carboxylic acids is 2. The van der Waals surface area contributed by atoms with Crippen LogP contribution in [-0.4, -0.2) is 38.6 Å². The van der Waals surface area contributed by atoms with Crippen molar-refractivity contribution in [2.75, 3.05) is 37.0 Å². The average Bonchev–Trinajstić information content (AvgIpc) is 2.82. The van der Waals surface area contributed by atoms with Crippen molar-refractivity contribution in [3.63, 3.8) is 0 Å². The van der Waals surface area contributed by atoms with Crippen LogP contribution >= 0.6 is 11.6 Å². The smallest absolute Gasteiger partial charge is 0.248 e. The summed E-state index contributed by atoms with van der Waals surface area (Å²) in [5, 5.41) is 3.30. The van der Waals surface area contributed by atoms with Gasteiger partial charge in [0.1, 0.15) is 0 Å². The van der Waals surface area contributed by atoms with Crippen molar-refractivity contribution in [1.82, 2.24) is 0 Å². The predicted octanol–water partition coefficient (Wildman–Crippen LogP) is 4.88. The van der Waals surface area contributed by atoms with Gasteiger partial charge in [0.25, 0.3) is 0 Å². The van der Waals surface area contributed by atoms with Gasteiger partial charge >= 0.3 is 0 Å². The van der Waals surface area contributed by atoms with Crippen LogP contribution in [0.1, 0.15) is 48.5 Å². The largest absolute Gasteiger partial charge is 0.493 e. The number of carbonyl (C=O) groups is 2. The molecule has 2 amide bonds. The van der Waals surface area contributed by atoms with Crippen molar-refractivity contribution in [2.45, 2.75) is 32.6 Å². The lowest BCUT2D eigenvalue weighted by Crippen LogP contribution is -2.30. The topological polar surface area (TPSA) is 93.9 Å². The second-order valence-electron chi connectivity index (χ2n) is 7.85. The first-order valence-electron chi connectivity index (χ1n) is 11.1. The quantitative estimate of drug-likeness (QED) is 0.508. The highest BCUT2D eigenvalue weighted by molar-refractivity contribution is 6.32. The fourth-order valence-electron chi connectivity index (χ4n) is 3.73. The second kappa shape index (κ2) is 11.6. The standard InChI is InChI=1S/C25H30ClN3O4/c1-3-13-33-24-19(26)14-17(15-22(24)32-2)7-10-23(30)28-20-16-18(25(27)31)8-9-21(20)29-11-5-4-6-12-29/h7-10,14-16H,3-6,11-13H2,1-2H3,(H2,27,31)(H,28,30). The Morgan fingerprint density at radius 2 is 1.94 bits per heavy atom. The summed E-state index contributed by atoms with van der Waals surface area (Å²) in [4.78, 5) is 26.6. The van der Waals surface area contributed by atoms with E-state index >= 15 is 0 Å². The number of nitrogens with one attached hydrogen (secondary N) is 1. The number of anilines is 2. The Hall–Kier alpha value is -3.19. The van der Waals surface area contributed by atoms with Gasteiger partial charge in [-0.3, -0.25) is 9.59 Å². The number of ether oxygens (including phenoxy) is 2. The summed E-state index contributed by atoms with van der Waals surface area (Å²) >= 11 is 6.36. The maximum absolute atomic E-state index is 12.7. The second-order valence-corrected chi connectivity index (χ2v) is 8.26. The molecule has 33 heavy (non-hydrogen) atoms. The van der Waals surface area contributed by atoms with E-state index in [9.17, 15) is 9.59 Å². The fourth-order valence-corrected chi connectivity index (χ4v) is 4.00. The number of hydrogen-bond acceptors (Lipinski definition) is 5. The number of methoxy groups -OCH3 is 1. The molecule has 1 fully saturated rings. The molecule has 0 saturated carbocycles. The molecule has 1 saturated heterocycles. The number of benzene rings is 2. The number of rotatable bonds is 9. The highest BCUT2D eigenvalue weighted by Gasteiger charge is 2.17. The third-order valence-electron chi connectivity index (χ3n) is 5.37. The van der Waals surface area contributed by atoms with Crippen molar-refractivity contribution in [3.8, 4) is 11.5 Å². The third kappa shape index (κ3) is 6.42. The third-order valence-corrected chi connectivity index (χ3v) is 5.65. The molecule has 7 nitrogen and oxygen atoms in total. The van der Waals surface area contributed by atoms with E-state index in [0.717, 1.165) is 38.0 Å². The maximum Gasteiger partial charge on any atom is 0.248 e. The molecule has 0 spiro atoms. The highest BCUT2D eigenvalue weighted by atomic mass is 35.5. The zero-order valence-electron chi connectivity index (χ0n) is 19.0. The molecular weight excluding hydrogens is 442 g/mol. The Kier molecular flexibility index (Phi) is 8.60. The van der Waals surface area contributed by atoms with E-state index in [1.54, 1.807) is 37.5 Å². The summed E-state index contributed by atoms with van der Waals surface area (Å²) in [7, 11) is 1.54. The minimum absolute atomic E-state index is 0.337. The Bertz CT molecular complexity index is 1030. The molecule has 0 unspecified atom stereocenters. The van der Waals surface area contributed by atoms with Gasteiger partial charge < -0.3 is 25.4 Å². The minimum atomic E-state index is -0.543. The van der Waals surface area contributed by atoms with Gasteiger partial charge in [-0.25, -0.2) is 0 Å². The van der Waals surface area contributed by atoms with Crippen LogP contribution in [0, 0.1) is 0 Å². The summed E-state index contributed by atoms with van der Waals surface area (Å²) in [6, 6.07) is 8.62. The minimum Gasteiger partial charge on any atom is -0.493 e. The molecule has 0 aromatic heterocycles. The molecule has 0 bridgehead atoms. The van der Waals surface area contributed by atoms with E-state index in [0.29, 0.717) is 39.9 Å². The number of halogens is 1. The first kappa shape index (κ1) is 24.5. The van der Waals surface area contributed by atoms with Crippen molar-refractivity contribution >= 4 is 40.9 Å². The molecule has 0 aliphatic carbocycles. The first-order valence-corrected chi connectivity index (χ1v) is 11.5. The Balaban J connectivity index is 1.80. The summed E-state index contributed by atoms with van der Waals surface area (Å²) in [5.74, 6) is 0.101. The van der Waals surface area contributed by atoms with E-state index in [1.807, 2.05) is 13.0 Å². The maximum atomic E-state index is 12.7. The lowest BCUT2D eigenvalue weighted by Gasteiger charge is -2.30. The molecule has 2 aromatic carbocycles. The first-order chi connectivity index (χ1) is 15.9. The van der Waals surface area contributed by atoms with E-state index in [2.05, 4.69) is 10.2 Å². The summed E-state index contributed by atoms with van der Waals surface area (Å²) in [6.45, 7) is 4.34. The molecular formula is C25H30ClN3O4. The van der Waals surface area contributed by atoms with Crippen LogP contribution in [0.15, 0.2) is 36.4 Å². The summed E-state index contributed by atoms with van der Waals surface area (Å²) < 4.78 is 11.1. The SMILES string of the molecule is CCCOc1c(Cl)cc(C=CC(=O)Nc2cc(C(N)=O)ccc2N2CCCCC2)cc1OC. The van der Waals surface area contributed by atoms with E-state index in [4.69, 9.17) is 26.8 Å². The zero-order valence-corrected chi connectivity index (χ0v) is 19.8. The van der Waals surface area contributed by atoms with Gasteiger partial charge in [0.15, 0.2) is 11.5 Å². The molecule has 1 heterocycles. The monoisotopic (exact) mass is 471 g/mol. The van der Waals surface area contributed by atoms with Crippen molar-refractivity contribution in [3.05, 3.63) is 52.6 Å². The Morgan fingerprint density at radius 1 is 1.18 bits per heavy atom. The fraction of sp³-hybridized carbons (Fsp3) is 0.360. The van der Waals surface area contributed by atoms with Crippen LogP contribution < -0.4 is 25.4 Å². The van der Waals surface area contributed by atoms with Gasteiger partial charge in [-0.15, -0.1) is 0 Å². The van der Waals surface area contributed by atoms with Gasteiger partial charge in [0.05, 0.1) is 30.1 Å². The molecule has 176 valence electrons. The van der Waals surface area contributed by atoms with Gasteiger partial charge in [0.2, 0.25) is 11.8 Å². The Labute approximate surface area is 199 Å². The number of piperidine rings is 1. The molecule has 3 rings (SSSR count). The number of nitrogens with two attached hydrogens (primary N) is 1. The van der Waals surface area contributed by atoms with Gasteiger partial charge in [0, 0.05) is 24.7 Å². The highest BCUT2D eigenvalue weighted by Crippen LogP contribution is 2.37. The number of primary amides is 1. The molecule has 0 radical (unpaired) electrons. The normalized spacial score (nSPS) is 13.7. The number of amides is 2. The van der Waals surface area contributed by atoms with Crippen LogP contribution in [0.25, 0.3) is 6.08 Å². The summed E-state index contributed by atoms with van der Waals surface area (Å²) in [6.07, 6.45) is 7.27. The molecule has 2 aromatic rings. The van der Waals surface area contributed by atoms with E-state index in [1.165, 1.54) is 12.5 Å². The lowest BCUT2D eigenvalue weighted by molar-refractivity contribution is -0.111. The lowest BCUT2D eigenvalue weighted by atomic mass is 10.1. The van der Waals surface area contributed by atoms with Crippen LogP contribution in [-0.2, 0) is 4.79 Å². The molecule has 3 N–H and O–H groups in total. The predicted molar refractivity (Wildman–Crippen MR) is 132 cm³/mol. The van der Waals surface area contributed by atoms with Crippen LogP contribution in [0.2, 0.25) is 5.02 Å². The molecule has 8 heteroatoms. The van der Waals surface area contributed by atoms with Gasteiger partial charge in [-0.1, -0.05) is 18.5 Å². The zero-order chi connectivity index (χ0) is 23.8. The Morgan fingerprint density at radius 3 is 2.61 bits per heavy atom. The van der Waals surface area contributed by atoms with Crippen molar-refractivity contribution in [2.24, 2.45) is 5.73 Å². The number of nitrogens with zero attached hydrogens (tertiary/aromatic N) is 1. The van der Waals surface area contributed by atoms with Crippen molar-refractivity contribution in [1.29, 1.82) is 0 Å². The summed E-state index contributed by atoms with van der Waals surface area (Å²) in [5.41, 5.74) is 7.92. The van der Waals surface area contributed by atoms with E-state index < -0.39 is 5.91 Å². The average molecular weight is 472 g/mol. The van der Waals surface area contributed by atoms with Gasteiger partial charge in [-0.2, -0.15) is 0 Å². The van der Waals surface area contributed by atoms with Crippen molar-refractivity contribution < 1.29 is 19.1 Å². The number of hydrogen-bond donors (Lipinski definition) is 2. The van der Waals surface area contributed by atoms with Crippen LogP contribution in [0.4, 0.5) is 11.4 Å². The van der Waals surface area contributed by atoms with Crippen LogP contribution in [0.3, 0.4) is 0 Å².